The summed E-state index contributed by atoms with van der Waals surface area (Å²) in [6.45, 7) is 2.20. The van der Waals surface area contributed by atoms with E-state index in [1.807, 2.05) is 29.2 Å². The number of fused-ring (bicyclic) bond motifs is 1. The van der Waals surface area contributed by atoms with Crippen molar-refractivity contribution in [2.24, 2.45) is 4.99 Å². The molecule has 2 aliphatic heterocycles. The Kier molecular flexibility index (Phi) is 5.99. The Morgan fingerprint density at radius 3 is 2.77 bits per heavy atom. The number of likely N-dealkylation sites (tertiary alicyclic amines) is 1. The van der Waals surface area contributed by atoms with E-state index in [9.17, 15) is 9.18 Å². The summed E-state index contributed by atoms with van der Waals surface area (Å²) in [5.41, 5.74) is 1.89. The van der Waals surface area contributed by atoms with E-state index in [4.69, 9.17) is 9.73 Å². The molecule has 1 atom stereocenters. The molecular formula is C23H27FN4O2. The summed E-state index contributed by atoms with van der Waals surface area (Å²) in [6, 6.07) is 14.4. The lowest BCUT2D eigenvalue weighted by Crippen LogP contribution is -2.62. The van der Waals surface area contributed by atoms with Gasteiger partial charge in [0.25, 0.3) is 0 Å². The van der Waals surface area contributed by atoms with Crippen LogP contribution in [0, 0.1) is 5.82 Å². The van der Waals surface area contributed by atoms with Gasteiger partial charge in [0.2, 0.25) is 5.91 Å². The number of hydrogen-bond donors (Lipinski definition) is 2. The third-order valence-corrected chi connectivity index (χ3v) is 5.72. The molecule has 4 rings (SSSR count). The summed E-state index contributed by atoms with van der Waals surface area (Å²) < 4.78 is 19.2. The second-order valence-corrected chi connectivity index (χ2v) is 7.79. The number of anilines is 2. The molecule has 158 valence electrons. The topological polar surface area (TPSA) is 66.0 Å². The maximum atomic E-state index is 14.0. The number of ether oxygens (including phenoxy) is 1. The first-order chi connectivity index (χ1) is 14.6. The van der Waals surface area contributed by atoms with Crippen molar-refractivity contribution >= 4 is 23.1 Å². The average molecular weight is 410 g/mol. The monoisotopic (exact) mass is 410 g/mol. The Balaban J connectivity index is 1.58. The highest BCUT2D eigenvalue weighted by molar-refractivity contribution is 6.10. The predicted octanol–water partition coefficient (Wildman–Crippen LogP) is 3.31. The molecule has 0 aliphatic carbocycles. The van der Waals surface area contributed by atoms with Gasteiger partial charge in [-0.3, -0.25) is 9.79 Å². The number of nitrogens with one attached hydrogen (secondary N) is 2. The standard InChI is InChI=1S/C23H27FN4O2/c1-30-14-12-25-22-23(27-20-10-5-4-9-19(20)26-22)11-6-13-28(16-23)21(29)15-17-7-2-3-8-18(17)24/h2-5,7-10,27H,6,11-16H2,1H3,(H,25,26)/t23-/m0/s1. The van der Waals surface area contributed by atoms with E-state index in [-0.39, 0.29) is 18.1 Å². The van der Waals surface area contributed by atoms with Crippen LogP contribution < -0.4 is 10.6 Å². The first-order valence-corrected chi connectivity index (χ1v) is 10.3. The van der Waals surface area contributed by atoms with Crippen LogP contribution in [0.15, 0.2) is 53.5 Å². The minimum absolute atomic E-state index is 0.0585. The van der Waals surface area contributed by atoms with Crippen LogP contribution >= 0.6 is 0 Å². The van der Waals surface area contributed by atoms with Crippen LogP contribution in [-0.4, -0.2) is 55.5 Å². The molecule has 1 spiro atoms. The molecule has 2 aromatic rings. The molecule has 6 nitrogen and oxygen atoms in total. The van der Waals surface area contributed by atoms with Gasteiger partial charge >= 0.3 is 0 Å². The summed E-state index contributed by atoms with van der Waals surface area (Å²) in [7, 11) is 1.65. The molecule has 1 amide bonds. The number of benzene rings is 2. The lowest BCUT2D eigenvalue weighted by atomic mass is 9.85. The number of carbonyl (C=O) groups excluding carboxylic acids is 1. The van der Waals surface area contributed by atoms with Gasteiger partial charge in [-0.2, -0.15) is 0 Å². The van der Waals surface area contributed by atoms with Crippen LogP contribution in [0.1, 0.15) is 18.4 Å². The maximum absolute atomic E-state index is 14.0. The van der Waals surface area contributed by atoms with Gasteiger partial charge in [0.1, 0.15) is 17.2 Å². The highest BCUT2D eigenvalue weighted by Gasteiger charge is 2.44. The fourth-order valence-corrected chi connectivity index (χ4v) is 4.19. The van der Waals surface area contributed by atoms with Crippen molar-refractivity contribution in [3.8, 4) is 0 Å². The van der Waals surface area contributed by atoms with Crippen LogP contribution in [0.25, 0.3) is 0 Å². The maximum Gasteiger partial charge on any atom is 0.227 e. The number of amidine groups is 1. The summed E-state index contributed by atoms with van der Waals surface area (Å²) >= 11 is 0. The average Bonchev–Trinajstić information content (AvgIpc) is 2.76. The molecule has 2 heterocycles. The Hall–Kier alpha value is -2.93. The lowest BCUT2D eigenvalue weighted by Gasteiger charge is -2.47. The first kappa shape index (κ1) is 20.3. The summed E-state index contributed by atoms with van der Waals surface area (Å²) in [5.74, 6) is 0.406. The molecule has 0 unspecified atom stereocenters. The molecule has 30 heavy (non-hydrogen) atoms. The van der Waals surface area contributed by atoms with Crippen LogP contribution in [0.4, 0.5) is 15.8 Å². The zero-order valence-electron chi connectivity index (χ0n) is 17.2. The number of methoxy groups -OCH3 is 1. The van der Waals surface area contributed by atoms with Crippen LogP contribution in [0.2, 0.25) is 0 Å². The van der Waals surface area contributed by atoms with Crippen molar-refractivity contribution in [2.45, 2.75) is 24.8 Å². The molecule has 0 saturated carbocycles. The van der Waals surface area contributed by atoms with E-state index in [1.54, 1.807) is 25.3 Å². The molecule has 2 aromatic carbocycles. The highest BCUT2D eigenvalue weighted by Crippen LogP contribution is 2.36. The molecule has 0 bridgehead atoms. The zero-order chi connectivity index (χ0) is 21.0. The second kappa shape index (κ2) is 8.83. The van der Waals surface area contributed by atoms with Crippen molar-refractivity contribution in [3.63, 3.8) is 0 Å². The number of aliphatic imine (C=N–C) groups is 1. The lowest BCUT2D eigenvalue weighted by molar-refractivity contribution is -0.131. The molecule has 0 aromatic heterocycles. The summed E-state index contributed by atoms with van der Waals surface area (Å²) in [4.78, 5) is 19.6. The van der Waals surface area contributed by atoms with Crippen molar-refractivity contribution < 1.29 is 13.9 Å². The molecule has 2 N–H and O–H groups in total. The number of halogens is 1. The van der Waals surface area contributed by atoms with E-state index in [2.05, 4.69) is 10.6 Å². The number of piperidine rings is 1. The van der Waals surface area contributed by atoms with Gasteiger partial charge < -0.3 is 20.3 Å². The Morgan fingerprint density at radius 2 is 1.97 bits per heavy atom. The molecule has 0 radical (unpaired) electrons. The van der Waals surface area contributed by atoms with Gasteiger partial charge in [-0.25, -0.2) is 4.39 Å². The van der Waals surface area contributed by atoms with E-state index < -0.39 is 5.54 Å². The van der Waals surface area contributed by atoms with Gasteiger partial charge in [0.05, 0.1) is 37.5 Å². The van der Waals surface area contributed by atoms with Gasteiger partial charge in [-0.05, 0) is 36.6 Å². The smallest absolute Gasteiger partial charge is 0.227 e. The molecule has 2 aliphatic rings. The van der Waals surface area contributed by atoms with Crippen LogP contribution in [0.5, 0.6) is 0 Å². The van der Waals surface area contributed by atoms with E-state index in [1.165, 1.54) is 6.07 Å². The minimum atomic E-state index is -0.495. The predicted molar refractivity (Wildman–Crippen MR) is 117 cm³/mol. The number of nitrogens with zero attached hydrogens (tertiary/aromatic N) is 2. The van der Waals surface area contributed by atoms with Gasteiger partial charge in [0.15, 0.2) is 0 Å². The van der Waals surface area contributed by atoms with Crippen LogP contribution in [-0.2, 0) is 16.0 Å². The highest BCUT2D eigenvalue weighted by atomic mass is 19.1. The Labute approximate surface area is 176 Å². The number of para-hydroxylation sites is 2. The number of hydrogen-bond acceptors (Lipinski definition) is 4. The fraction of sp³-hybridized carbons (Fsp3) is 0.391. The van der Waals surface area contributed by atoms with Crippen molar-refractivity contribution in [2.75, 3.05) is 44.0 Å². The molecular weight excluding hydrogens is 383 g/mol. The number of carbonyl (C=O) groups is 1. The largest absolute Gasteiger partial charge is 0.383 e. The number of rotatable bonds is 5. The molecule has 1 fully saturated rings. The van der Waals surface area contributed by atoms with Crippen molar-refractivity contribution in [1.82, 2.24) is 4.90 Å². The van der Waals surface area contributed by atoms with Gasteiger partial charge in [0, 0.05) is 13.7 Å². The fourth-order valence-electron chi connectivity index (χ4n) is 4.19. The van der Waals surface area contributed by atoms with E-state index >= 15 is 0 Å². The summed E-state index contributed by atoms with van der Waals surface area (Å²) in [5, 5.41) is 7.12. The van der Waals surface area contributed by atoms with Crippen molar-refractivity contribution in [3.05, 3.63) is 59.9 Å². The van der Waals surface area contributed by atoms with E-state index in [0.717, 1.165) is 30.1 Å². The minimum Gasteiger partial charge on any atom is -0.383 e. The number of amides is 1. The van der Waals surface area contributed by atoms with Crippen molar-refractivity contribution in [1.29, 1.82) is 0 Å². The van der Waals surface area contributed by atoms with Gasteiger partial charge in [-0.1, -0.05) is 30.3 Å². The molecule has 7 heteroatoms. The third kappa shape index (κ3) is 4.16. The van der Waals surface area contributed by atoms with Crippen LogP contribution in [0.3, 0.4) is 0 Å². The quantitative estimate of drug-likeness (QED) is 0.743. The third-order valence-electron chi connectivity index (χ3n) is 5.72. The second-order valence-electron chi connectivity index (χ2n) is 7.79. The SMILES string of the molecule is COCCN=C1Nc2ccccc2N[C@]12CCCN(C(=O)Cc1ccccc1F)C2. The first-order valence-electron chi connectivity index (χ1n) is 10.3. The van der Waals surface area contributed by atoms with E-state index in [0.29, 0.717) is 31.8 Å². The zero-order valence-corrected chi connectivity index (χ0v) is 17.2. The Morgan fingerprint density at radius 1 is 1.20 bits per heavy atom. The normalized spacial score (nSPS) is 21.8. The Bertz CT molecular complexity index is 948. The van der Waals surface area contributed by atoms with Gasteiger partial charge in [-0.15, -0.1) is 0 Å². The molecule has 1 saturated heterocycles. The summed E-state index contributed by atoms with van der Waals surface area (Å²) in [6.07, 6.45) is 1.75.